The molecule has 2 heterocycles. The van der Waals surface area contributed by atoms with Gasteiger partial charge in [0.2, 0.25) is 0 Å². The molecule has 6 heteroatoms. The summed E-state index contributed by atoms with van der Waals surface area (Å²) in [6.45, 7) is 0. The predicted octanol–water partition coefficient (Wildman–Crippen LogP) is 4.13. The molecule has 102 valence electrons. The molecule has 3 rings (SSSR count). The molecule has 20 heavy (non-hydrogen) atoms. The number of rotatable bonds is 2. The summed E-state index contributed by atoms with van der Waals surface area (Å²) in [7, 11) is 0. The molecule has 0 saturated carbocycles. The Bertz CT molecular complexity index is 732. The van der Waals surface area contributed by atoms with E-state index in [1.54, 1.807) is 6.20 Å². The van der Waals surface area contributed by atoms with Gasteiger partial charge in [-0.25, -0.2) is 4.98 Å². The van der Waals surface area contributed by atoms with Gasteiger partial charge in [-0.1, -0.05) is 0 Å². The van der Waals surface area contributed by atoms with Crippen molar-refractivity contribution in [3.63, 3.8) is 0 Å². The SMILES string of the molecule is FC(F)(F)Oc1ccc(-c2ccc3cc[nH]c3n2)cc1. The number of aromatic nitrogens is 2. The number of ether oxygens (including phenoxy) is 1. The Hall–Kier alpha value is -2.50. The molecule has 0 aliphatic carbocycles. The molecule has 3 nitrogen and oxygen atoms in total. The average Bonchev–Trinajstić information content (AvgIpc) is 2.85. The molecule has 0 amide bonds. The third-order valence-electron chi connectivity index (χ3n) is 2.79. The summed E-state index contributed by atoms with van der Waals surface area (Å²) in [5.74, 6) is -0.248. The topological polar surface area (TPSA) is 37.9 Å². The number of alkyl halides is 3. The van der Waals surface area contributed by atoms with Gasteiger partial charge in [-0.2, -0.15) is 0 Å². The van der Waals surface area contributed by atoms with Crippen LogP contribution in [0, 0.1) is 0 Å². The predicted molar refractivity (Wildman–Crippen MR) is 68.2 cm³/mol. The monoisotopic (exact) mass is 278 g/mol. The Morgan fingerprint density at radius 2 is 1.70 bits per heavy atom. The minimum Gasteiger partial charge on any atom is -0.406 e. The van der Waals surface area contributed by atoms with Crippen molar-refractivity contribution in [2.45, 2.75) is 6.36 Å². The molecule has 2 aromatic heterocycles. The maximum absolute atomic E-state index is 12.1. The van der Waals surface area contributed by atoms with E-state index < -0.39 is 6.36 Å². The molecule has 3 aromatic rings. The molecule has 0 atom stereocenters. The summed E-state index contributed by atoms with van der Waals surface area (Å²) in [5, 5.41) is 0.978. The molecular formula is C14H9F3N2O. The quantitative estimate of drug-likeness (QED) is 0.765. The first kappa shape index (κ1) is 12.5. The second-order valence-electron chi connectivity index (χ2n) is 4.18. The minimum atomic E-state index is -4.68. The summed E-state index contributed by atoms with van der Waals surface area (Å²) in [6, 6.07) is 11.2. The fourth-order valence-corrected chi connectivity index (χ4v) is 1.92. The first-order chi connectivity index (χ1) is 9.51. The first-order valence-corrected chi connectivity index (χ1v) is 5.82. The number of hydrogen-bond donors (Lipinski definition) is 1. The van der Waals surface area contributed by atoms with Crippen molar-refractivity contribution in [1.29, 1.82) is 0 Å². The standard InChI is InChI=1S/C14H9F3N2O/c15-14(16,17)20-11-4-1-9(2-5-11)12-6-3-10-7-8-18-13(10)19-12/h1-8H,(H,18,19). The van der Waals surface area contributed by atoms with Gasteiger partial charge in [-0.05, 0) is 42.5 Å². The number of nitrogens with one attached hydrogen (secondary N) is 1. The number of halogens is 3. The van der Waals surface area contributed by atoms with Gasteiger partial charge in [-0.3, -0.25) is 0 Å². The van der Waals surface area contributed by atoms with E-state index in [-0.39, 0.29) is 5.75 Å². The Labute approximate surface area is 112 Å². The van der Waals surface area contributed by atoms with Crippen LogP contribution >= 0.6 is 0 Å². The Kier molecular flexibility index (Phi) is 2.85. The lowest BCUT2D eigenvalue weighted by Gasteiger charge is -2.09. The van der Waals surface area contributed by atoms with E-state index in [0.717, 1.165) is 16.6 Å². The van der Waals surface area contributed by atoms with Crippen LogP contribution in [-0.2, 0) is 0 Å². The molecule has 1 N–H and O–H groups in total. The molecule has 0 spiro atoms. The highest BCUT2D eigenvalue weighted by Crippen LogP contribution is 2.26. The summed E-state index contributed by atoms with van der Waals surface area (Å²) in [5.41, 5.74) is 2.13. The zero-order valence-corrected chi connectivity index (χ0v) is 10.1. The number of pyridine rings is 1. The number of aromatic amines is 1. The number of hydrogen-bond acceptors (Lipinski definition) is 2. The van der Waals surface area contributed by atoms with Crippen LogP contribution in [0.25, 0.3) is 22.3 Å². The number of nitrogens with zero attached hydrogens (tertiary/aromatic N) is 1. The molecule has 1 aromatic carbocycles. The molecule has 0 bridgehead atoms. The van der Waals surface area contributed by atoms with E-state index in [1.807, 2.05) is 18.2 Å². The van der Waals surface area contributed by atoms with Crippen molar-refractivity contribution >= 4 is 11.0 Å². The average molecular weight is 278 g/mol. The lowest BCUT2D eigenvalue weighted by Crippen LogP contribution is -2.16. The van der Waals surface area contributed by atoms with E-state index >= 15 is 0 Å². The number of fused-ring (bicyclic) bond motifs is 1. The zero-order chi connectivity index (χ0) is 14.2. The molecule has 0 saturated heterocycles. The van der Waals surface area contributed by atoms with Crippen LogP contribution in [0.15, 0.2) is 48.7 Å². The highest BCUT2D eigenvalue weighted by atomic mass is 19.4. The van der Waals surface area contributed by atoms with Gasteiger partial charge >= 0.3 is 6.36 Å². The molecule has 0 radical (unpaired) electrons. The van der Waals surface area contributed by atoms with Gasteiger partial charge in [0.05, 0.1) is 5.69 Å². The van der Waals surface area contributed by atoms with Crippen LogP contribution in [-0.4, -0.2) is 16.3 Å². The van der Waals surface area contributed by atoms with Crippen LogP contribution in [0.2, 0.25) is 0 Å². The minimum absolute atomic E-state index is 0.248. The van der Waals surface area contributed by atoms with Crippen molar-refractivity contribution in [3.05, 3.63) is 48.7 Å². The Morgan fingerprint density at radius 1 is 0.950 bits per heavy atom. The highest BCUT2D eigenvalue weighted by Gasteiger charge is 2.30. The third-order valence-corrected chi connectivity index (χ3v) is 2.79. The van der Waals surface area contributed by atoms with Gasteiger partial charge in [0, 0.05) is 17.1 Å². The van der Waals surface area contributed by atoms with E-state index in [1.165, 1.54) is 24.3 Å². The molecule has 0 fully saturated rings. The van der Waals surface area contributed by atoms with Crippen LogP contribution < -0.4 is 4.74 Å². The van der Waals surface area contributed by atoms with Crippen LogP contribution in [0.5, 0.6) is 5.75 Å². The third kappa shape index (κ3) is 2.59. The molecule has 0 unspecified atom stereocenters. The lowest BCUT2D eigenvalue weighted by atomic mass is 10.1. The maximum atomic E-state index is 12.1. The second kappa shape index (κ2) is 4.56. The maximum Gasteiger partial charge on any atom is 0.573 e. The van der Waals surface area contributed by atoms with Gasteiger partial charge in [0.1, 0.15) is 11.4 Å². The van der Waals surface area contributed by atoms with Crippen LogP contribution in [0.4, 0.5) is 13.2 Å². The Morgan fingerprint density at radius 3 is 2.40 bits per heavy atom. The van der Waals surface area contributed by atoms with Gasteiger partial charge < -0.3 is 9.72 Å². The fraction of sp³-hybridized carbons (Fsp3) is 0.0714. The molecule has 0 aliphatic rings. The van der Waals surface area contributed by atoms with E-state index in [4.69, 9.17) is 0 Å². The van der Waals surface area contributed by atoms with Gasteiger partial charge in [0.15, 0.2) is 0 Å². The Balaban J connectivity index is 1.90. The lowest BCUT2D eigenvalue weighted by molar-refractivity contribution is -0.274. The van der Waals surface area contributed by atoms with Crippen LogP contribution in [0.3, 0.4) is 0 Å². The van der Waals surface area contributed by atoms with Crippen LogP contribution in [0.1, 0.15) is 0 Å². The van der Waals surface area contributed by atoms with Gasteiger partial charge in [-0.15, -0.1) is 13.2 Å². The summed E-state index contributed by atoms with van der Waals surface area (Å²) in [6.07, 6.45) is -2.90. The second-order valence-corrected chi connectivity index (χ2v) is 4.18. The first-order valence-electron chi connectivity index (χ1n) is 5.82. The smallest absolute Gasteiger partial charge is 0.406 e. The summed E-state index contributed by atoms with van der Waals surface area (Å²) >= 11 is 0. The number of H-pyrrole nitrogens is 1. The molecule has 0 aliphatic heterocycles. The summed E-state index contributed by atoms with van der Waals surface area (Å²) in [4.78, 5) is 7.38. The van der Waals surface area contributed by atoms with Crippen molar-refractivity contribution in [2.75, 3.05) is 0 Å². The van der Waals surface area contributed by atoms with Crippen molar-refractivity contribution in [2.24, 2.45) is 0 Å². The number of benzene rings is 1. The zero-order valence-electron chi connectivity index (χ0n) is 10.1. The van der Waals surface area contributed by atoms with Crippen molar-refractivity contribution < 1.29 is 17.9 Å². The van der Waals surface area contributed by atoms with Crippen molar-refractivity contribution in [3.8, 4) is 17.0 Å². The largest absolute Gasteiger partial charge is 0.573 e. The van der Waals surface area contributed by atoms with Gasteiger partial charge in [0.25, 0.3) is 0 Å². The fourth-order valence-electron chi connectivity index (χ4n) is 1.92. The van der Waals surface area contributed by atoms with E-state index in [2.05, 4.69) is 14.7 Å². The normalized spacial score (nSPS) is 11.8. The van der Waals surface area contributed by atoms with E-state index in [9.17, 15) is 13.2 Å². The summed E-state index contributed by atoms with van der Waals surface area (Å²) < 4.78 is 40.0. The molecular weight excluding hydrogens is 269 g/mol. The highest BCUT2D eigenvalue weighted by molar-refractivity contribution is 5.78. The van der Waals surface area contributed by atoms with Crippen molar-refractivity contribution in [1.82, 2.24) is 9.97 Å². The van der Waals surface area contributed by atoms with E-state index in [0.29, 0.717) is 5.69 Å².